The first kappa shape index (κ1) is 12.4. The summed E-state index contributed by atoms with van der Waals surface area (Å²) in [6.45, 7) is -0.145. The Hall–Kier alpha value is -2.04. The summed E-state index contributed by atoms with van der Waals surface area (Å²) in [5.41, 5.74) is 2.71. The van der Waals surface area contributed by atoms with Crippen molar-refractivity contribution in [2.45, 2.75) is 13.2 Å². The van der Waals surface area contributed by atoms with Crippen molar-refractivity contribution in [1.29, 1.82) is 0 Å². The average molecular weight is 242 g/mol. The summed E-state index contributed by atoms with van der Waals surface area (Å²) in [6, 6.07) is 14.5. The van der Waals surface area contributed by atoms with Gasteiger partial charge in [0.15, 0.2) is 0 Å². The zero-order chi connectivity index (χ0) is 12.8. The van der Waals surface area contributed by atoms with Crippen LogP contribution >= 0.6 is 0 Å². The highest BCUT2D eigenvalue weighted by atomic mass is 16.3. The Bertz CT molecular complexity index is 503. The molecule has 2 aromatic rings. The molecule has 0 bridgehead atoms. The van der Waals surface area contributed by atoms with Gasteiger partial charge < -0.3 is 10.2 Å². The Labute approximate surface area is 105 Å². The first-order valence-corrected chi connectivity index (χ1v) is 5.64. The molecule has 0 aliphatic carbocycles. The molecule has 0 aliphatic heterocycles. The topological polar surface area (TPSA) is 65.2 Å². The minimum atomic E-state index is -0.0726. The summed E-state index contributed by atoms with van der Waals surface area (Å²) in [6.07, 6.45) is 0. The first-order valence-electron chi connectivity index (χ1n) is 5.64. The smallest absolute Gasteiger partial charge is 0.0912 e. The number of aliphatic hydroxyl groups is 2. The molecule has 2 aromatic carbocycles. The van der Waals surface area contributed by atoms with Crippen molar-refractivity contribution in [3.8, 4) is 0 Å². The predicted molar refractivity (Wildman–Crippen MR) is 68.9 cm³/mol. The molecule has 0 saturated carbocycles. The van der Waals surface area contributed by atoms with Gasteiger partial charge in [-0.2, -0.15) is 10.2 Å². The van der Waals surface area contributed by atoms with Crippen LogP contribution < -0.4 is 0 Å². The Kier molecular flexibility index (Phi) is 4.17. The van der Waals surface area contributed by atoms with Crippen LogP contribution in [0.3, 0.4) is 0 Å². The van der Waals surface area contributed by atoms with Crippen LogP contribution in [0.1, 0.15) is 11.1 Å². The van der Waals surface area contributed by atoms with Crippen molar-refractivity contribution >= 4 is 11.4 Å². The van der Waals surface area contributed by atoms with E-state index in [0.717, 1.165) is 11.1 Å². The molecule has 92 valence electrons. The van der Waals surface area contributed by atoms with Gasteiger partial charge in [0.05, 0.1) is 24.6 Å². The summed E-state index contributed by atoms with van der Waals surface area (Å²) in [7, 11) is 0. The van der Waals surface area contributed by atoms with Gasteiger partial charge in [0, 0.05) is 11.1 Å². The molecule has 0 atom stereocenters. The lowest BCUT2D eigenvalue weighted by molar-refractivity contribution is 0.281. The van der Waals surface area contributed by atoms with Crippen LogP contribution in [0.5, 0.6) is 0 Å². The molecule has 0 unspecified atom stereocenters. The summed E-state index contributed by atoms with van der Waals surface area (Å²) >= 11 is 0. The van der Waals surface area contributed by atoms with E-state index < -0.39 is 0 Å². The Morgan fingerprint density at radius 2 is 1.06 bits per heavy atom. The maximum Gasteiger partial charge on any atom is 0.0912 e. The maximum absolute atomic E-state index is 9.17. The molecule has 0 spiro atoms. The van der Waals surface area contributed by atoms with E-state index >= 15 is 0 Å². The van der Waals surface area contributed by atoms with Crippen molar-refractivity contribution in [3.05, 3.63) is 59.7 Å². The van der Waals surface area contributed by atoms with Crippen LogP contribution in [0, 0.1) is 0 Å². The number of aliphatic hydroxyl groups excluding tert-OH is 2. The van der Waals surface area contributed by atoms with Crippen molar-refractivity contribution < 1.29 is 10.2 Å². The third-order valence-electron chi connectivity index (χ3n) is 2.59. The van der Waals surface area contributed by atoms with Gasteiger partial charge in [-0.15, -0.1) is 0 Å². The molecule has 4 heteroatoms. The fourth-order valence-electron chi connectivity index (χ4n) is 1.59. The van der Waals surface area contributed by atoms with Crippen LogP contribution in [0.15, 0.2) is 58.8 Å². The highest BCUT2D eigenvalue weighted by Gasteiger charge is 2.00. The van der Waals surface area contributed by atoms with Gasteiger partial charge in [-0.3, -0.25) is 0 Å². The summed E-state index contributed by atoms with van der Waals surface area (Å²) in [5.74, 6) is 0. The van der Waals surface area contributed by atoms with Gasteiger partial charge in [-0.25, -0.2) is 0 Å². The SMILES string of the molecule is OCc1ccccc1/N=N/c1ccccc1CO. The average Bonchev–Trinajstić information content (AvgIpc) is 2.45. The van der Waals surface area contributed by atoms with Gasteiger partial charge in [-0.1, -0.05) is 36.4 Å². The van der Waals surface area contributed by atoms with Crippen LogP contribution in [-0.2, 0) is 13.2 Å². The van der Waals surface area contributed by atoms with Gasteiger partial charge in [-0.05, 0) is 12.1 Å². The summed E-state index contributed by atoms with van der Waals surface area (Å²) < 4.78 is 0. The number of hydrogen-bond donors (Lipinski definition) is 2. The summed E-state index contributed by atoms with van der Waals surface area (Å²) in [4.78, 5) is 0. The molecule has 0 saturated heterocycles. The van der Waals surface area contributed by atoms with Gasteiger partial charge in [0.2, 0.25) is 0 Å². The highest BCUT2D eigenvalue weighted by Crippen LogP contribution is 2.24. The Balaban J connectivity index is 2.30. The van der Waals surface area contributed by atoms with Crippen molar-refractivity contribution in [2.24, 2.45) is 10.2 Å². The maximum atomic E-state index is 9.17. The lowest BCUT2D eigenvalue weighted by atomic mass is 10.2. The molecule has 0 aliphatic rings. The predicted octanol–water partition coefficient (Wildman–Crippen LogP) is 3.09. The minimum absolute atomic E-state index is 0.0726. The van der Waals surface area contributed by atoms with E-state index in [1.54, 1.807) is 24.3 Å². The van der Waals surface area contributed by atoms with Crippen molar-refractivity contribution in [3.63, 3.8) is 0 Å². The summed E-state index contributed by atoms with van der Waals surface area (Å²) in [5, 5.41) is 26.6. The van der Waals surface area contributed by atoms with Crippen LogP contribution in [0.25, 0.3) is 0 Å². The van der Waals surface area contributed by atoms with Gasteiger partial charge in [0.25, 0.3) is 0 Å². The fraction of sp³-hybridized carbons (Fsp3) is 0.143. The van der Waals surface area contributed by atoms with Crippen LogP contribution in [0.4, 0.5) is 11.4 Å². The second-order valence-corrected chi connectivity index (χ2v) is 3.77. The molecule has 0 amide bonds. The van der Waals surface area contributed by atoms with E-state index in [0.29, 0.717) is 11.4 Å². The van der Waals surface area contributed by atoms with Crippen molar-refractivity contribution in [1.82, 2.24) is 0 Å². The van der Waals surface area contributed by atoms with Crippen LogP contribution in [0.2, 0.25) is 0 Å². The second-order valence-electron chi connectivity index (χ2n) is 3.77. The van der Waals surface area contributed by atoms with Crippen molar-refractivity contribution in [2.75, 3.05) is 0 Å². The molecular formula is C14H14N2O2. The van der Waals surface area contributed by atoms with E-state index in [1.165, 1.54) is 0 Å². The molecule has 2 rings (SSSR count). The normalized spacial score (nSPS) is 11.0. The molecule has 0 radical (unpaired) electrons. The monoisotopic (exact) mass is 242 g/mol. The zero-order valence-electron chi connectivity index (χ0n) is 9.82. The third-order valence-corrected chi connectivity index (χ3v) is 2.59. The molecule has 2 N–H and O–H groups in total. The van der Waals surface area contributed by atoms with Gasteiger partial charge >= 0.3 is 0 Å². The number of rotatable bonds is 4. The van der Waals surface area contributed by atoms with Crippen LogP contribution in [-0.4, -0.2) is 10.2 Å². The Morgan fingerprint density at radius 3 is 1.44 bits per heavy atom. The highest BCUT2D eigenvalue weighted by molar-refractivity contribution is 5.48. The van der Waals surface area contributed by atoms with E-state index in [1.807, 2.05) is 24.3 Å². The number of azo groups is 1. The standard InChI is InChI=1S/C14H14N2O2/c17-9-11-5-1-3-7-13(11)15-16-14-8-4-2-6-12(14)10-18/h1-8,17-18H,9-10H2/b16-15+. The number of benzene rings is 2. The molecule has 0 aromatic heterocycles. The molecule has 18 heavy (non-hydrogen) atoms. The number of nitrogens with zero attached hydrogens (tertiary/aromatic N) is 2. The molecular weight excluding hydrogens is 228 g/mol. The largest absolute Gasteiger partial charge is 0.392 e. The minimum Gasteiger partial charge on any atom is -0.392 e. The van der Waals surface area contributed by atoms with Gasteiger partial charge in [0.1, 0.15) is 0 Å². The third kappa shape index (κ3) is 2.80. The van der Waals surface area contributed by atoms with E-state index in [-0.39, 0.29) is 13.2 Å². The lowest BCUT2D eigenvalue weighted by Crippen LogP contribution is -1.83. The zero-order valence-corrected chi connectivity index (χ0v) is 9.82. The first-order chi connectivity index (χ1) is 8.85. The van der Waals surface area contributed by atoms with E-state index in [9.17, 15) is 10.2 Å². The number of hydrogen-bond acceptors (Lipinski definition) is 4. The quantitative estimate of drug-likeness (QED) is 0.809. The van der Waals surface area contributed by atoms with E-state index in [2.05, 4.69) is 10.2 Å². The fourth-order valence-corrected chi connectivity index (χ4v) is 1.59. The molecule has 0 fully saturated rings. The second kappa shape index (κ2) is 6.05. The molecule has 0 heterocycles. The molecule has 4 nitrogen and oxygen atoms in total. The Morgan fingerprint density at radius 1 is 0.667 bits per heavy atom. The lowest BCUT2D eigenvalue weighted by Gasteiger charge is -2.02. The van der Waals surface area contributed by atoms with E-state index in [4.69, 9.17) is 0 Å².